The van der Waals surface area contributed by atoms with Crippen LogP contribution in [0.1, 0.15) is 46.0 Å². The van der Waals surface area contributed by atoms with Crippen LogP contribution in [-0.4, -0.2) is 39.2 Å². The number of unbranched alkanes of at least 4 members (excludes halogenated alkanes) is 3. The Morgan fingerprint density at radius 3 is 2.22 bits per heavy atom. The summed E-state index contributed by atoms with van der Waals surface area (Å²) in [5, 5.41) is 28.9. The first-order valence-electron chi connectivity index (χ1n) is 8.61. The molecule has 0 saturated carbocycles. The zero-order valence-corrected chi connectivity index (χ0v) is 15.4. The van der Waals surface area contributed by atoms with E-state index < -0.39 is 52.1 Å². The van der Waals surface area contributed by atoms with Gasteiger partial charge in [-0.1, -0.05) is 39.2 Å². The molecule has 0 aromatic rings. The van der Waals surface area contributed by atoms with Gasteiger partial charge >= 0.3 is 23.9 Å². The molecule has 1 aliphatic carbocycles. The Kier molecular flexibility index (Phi) is 7.51. The average molecular weight is 380 g/mol. The molecule has 0 amide bonds. The highest BCUT2D eigenvalue weighted by molar-refractivity contribution is 6.03. The lowest BCUT2D eigenvalue weighted by Gasteiger charge is -2.38. The fourth-order valence-corrected chi connectivity index (χ4v) is 3.20. The molecule has 0 heterocycles. The highest BCUT2D eigenvalue weighted by atomic mass is 16.5. The van der Waals surface area contributed by atoms with Crippen molar-refractivity contribution in [1.29, 1.82) is 0 Å². The van der Waals surface area contributed by atoms with E-state index in [1.165, 1.54) is 6.92 Å². The largest absolute Gasteiger partial charge is 0.480 e. The van der Waals surface area contributed by atoms with Crippen LogP contribution in [0.15, 0.2) is 35.6 Å². The molecule has 1 aliphatic rings. The highest BCUT2D eigenvalue weighted by Gasteiger charge is 2.53. The van der Waals surface area contributed by atoms with Crippen molar-refractivity contribution >= 4 is 23.9 Å². The summed E-state index contributed by atoms with van der Waals surface area (Å²) >= 11 is 0. The van der Waals surface area contributed by atoms with Gasteiger partial charge in [-0.2, -0.15) is 0 Å². The Morgan fingerprint density at radius 1 is 1.15 bits per heavy atom. The number of hydrogen-bond donors (Lipinski definition) is 3. The number of ether oxygens (including phenoxy) is 1. The van der Waals surface area contributed by atoms with Gasteiger partial charge in [0, 0.05) is 12.0 Å². The highest BCUT2D eigenvalue weighted by Crippen LogP contribution is 2.48. The van der Waals surface area contributed by atoms with Crippen LogP contribution in [0.5, 0.6) is 0 Å². The molecule has 0 aromatic heterocycles. The van der Waals surface area contributed by atoms with E-state index in [0.717, 1.165) is 31.4 Å². The summed E-state index contributed by atoms with van der Waals surface area (Å²) in [6.45, 7) is 6.46. The van der Waals surface area contributed by atoms with Crippen molar-refractivity contribution in [2.24, 2.45) is 11.3 Å². The molecule has 8 nitrogen and oxygen atoms in total. The van der Waals surface area contributed by atoms with Crippen LogP contribution in [0, 0.1) is 11.3 Å². The van der Waals surface area contributed by atoms with Crippen molar-refractivity contribution in [3.63, 3.8) is 0 Å². The van der Waals surface area contributed by atoms with E-state index in [2.05, 4.69) is 6.58 Å². The Labute approximate surface area is 156 Å². The maximum absolute atomic E-state index is 12.1. The SMILES string of the molecule is C=CC(=O)OC1=CC(C(=O)O)=C(C(=O)O)C(CCCCCC)C1(C)C(=O)O. The van der Waals surface area contributed by atoms with E-state index in [1.54, 1.807) is 0 Å². The minimum absolute atomic E-state index is 0.129. The zero-order chi connectivity index (χ0) is 20.8. The molecule has 1 rings (SSSR count). The number of carbonyl (C=O) groups excluding carboxylic acids is 1. The molecule has 0 bridgehead atoms. The van der Waals surface area contributed by atoms with Crippen LogP contribution in [-0.2, 0) is 23.9 Å². The Balaban J connectivity index is 3.58. The second kappa shape index (κ2) is 9.16. The van der Waals surface area contributed by atoms with E-state index in [9.17, 15) is 34.5 Å². The van der Waals surface area contributed by atoms with E-state index in [-0.39, 0.29) is 6.42 Å². The topological polar surface area (TPSA) is 138 Å². The lowest BCUT2D eigenvalue weighted by molar-refractivity contribution is -0.154. The van der Waals surface area contributed by atoms with Crippen molar-refractivity contribution in [3.05, 3.63) is 35.6 Å². The number of carboxylic acid groups (broad SMARTS) is 3. The molecule has 0 radical (unpaired) electrons. The summed E-state index contributed by atoms with van der Waals surface area (Å²) in [4.78, 5) is 47.1. The first-order chi connectivity index (χ1) is 12.6. The van der Waals surface area contributed by atoms with Crippen LogP contribution >= 0.6 is 0 Å². The Morgan fingerprint density at radius 2 is 1.78 bits per heavy atom. The van der Waals surface area contributed by atoms with Crippen LogP contribution in [0.2, 0.25) is 0 Å². The van der Waals surface area contributed by atoms with E-state index in [4.69, 9.17) is 4.74 Å². The smallest absolute Gasteiger partial charge is 0.336 e. The van der Waals surface area contributed by atoms with E-state index in [1.807, 2.05) is 6.92 Å². The van der Waals surface area contributed by atoms with Gasteiger partial charge in [0.05, 0.1) is 11.1 Å². The molecular formula is C19H24O8. The molecule has 2 atom stereocenters. The van der Waals surface area contributed by atoms with Gasteiger partial charge in [-0.05, 0) is 19.4 Å². The third-order valence-corrected chi connectivity index (χ3v) is 4.75. The van der Waals surface area contributed by atoms with Crippen LogP contribution < -0.4 is 0 Å². The number of hydrogen-bond acceptors (Lipinski definition) is 5. The summed E-state index contributed by atoms with van der Waals surface area (Å²) < 4.78 is 5.02. The molecule has 0 spiro atoms. The third kappa shape index (κ3) is 4.64. The molecule has 0 aromatic carbocycles. The molecular weight excluding hydrogens is 356 g/mol. The van der Waals surface area contributed by atoms with Crippen LogP contribution in [0.3, 0.4) is 0 Å². The summed E-state index contributed by atoms with van der Waals surface area (Å²) in [6.07, 6.45) is 4.80. The van der Waals surface area contributed by atoms with Crippen LogP contribution in [0.4, 0.5) is 0 Å². The molecule has 0 saturated heterocycles. The maximum atomic E-state index is 12.1. The normalized spacial score (nSPS) is 22.0. The number of esters is 1. The molecule has 8 heteroatoms. The molecule has 0 aliphatic heterocycles. The van der Waals surface area contributed by atoms with Gasteiger partial charge in [-0.15, -0.1) is 0 Å². The molecule has 2 unspecified atom stereocenters. The van der Waals surface area contributed by atoms with Gasteiger partial charge in [0.15, 0.2) is 0 Å². The van der Waals surface area contributed by atoms with Gasteiger partial charge in [0.25, 0.3) is 0 Å². The van der Waals surface area contributed by atoms with Crippen molar-refractivity contribution < 1.29 is 39.2 Å². The zero-order valence-electron chi connectivity index (χ0n) is 15.4. The van der Waals surface area contributed by atoms with E-state index >= 15 is 0 Å². The lowest BCUT2D eigenvalue weighted by atomic mass is 9.65. The minimum Gasteiger partial charge on any atom is -0.480 e. The van der Waals surface area contributed by atoms with Gasteiger partial charge in [-0.3, -0.25) is 4.79 Å². The van der Waals surface area contributed by atoms with Crippen molar-refractivity contribution in [2.75, 3.05) is 0 Å². The standard InChI is InChI=1S/C19H24O8/c1-4-6-7-8-9-12-15(17(23)24)11(16(21)22)10-13(27-14(20)5-2)19(12,3)18(25)26/h5,10,12H,2,4,6-9H2,1,3H3,(H,21,22)(H,23,24)(H,25,26). The van der Waals surface area contributed by atoms with Gasteiger partial charge in [0.1, 0.15) is 11.2 Å². The number of carboxylic acids is 3. The Hall–Kier alpha value is -2.90. The summed E-state index contributed by atoms with van der Waals surface area (Å²) in [5.74, 6) is -7.00. The summed E-state index contributed by atoms with van der Waals surface area (Å²) in [6, 6.07) is 0. The van der Waals surface area contributed by atoms with Gasteiger partial charge in [-0.25, -0.2) is 14.4 Å². The molecule has 27 heavy (non-hydrogen) atoms. The molecule has 148 valence electrons. The second-order valence-corrected chi connectivity index (χ2v) is 6.48. The lowest BCUT2D eigenvalue weighted by Crippen LogP contribution is -2.44. The average Bonchev–Trinajstić information content (AvgIpc) is 2.60. The quantitative estimate of drug-likeness (QED) is 0.299. The first kappa shape index (κ1) is 22.1. The minimum atomic E-state index is -1.91. The van der Waals surface area contributed by atoms with Crippen molar-refractivity contribution in [3.8, 4) is 0 Å². The van der Waals surface area contributed by atoms with Gasteiger partial charge in [0.2, 0.25) is 0 Å². The summed E-state index contributed by atoms with van der Waals surface area (Å²) in [5.41, 5.74) is -2.99. The number of carbonyl (C=O) groups is 4. The predicted molar refractivity (Wildman–Crippen MR) is 94.7 cm³/mol. The summed E-state index contributed by atoms with van der Waals surface area (Å²) in [7, 11) is 0. The fourth-order valence-electron chi connectivity index (χ4n) is 3.20. The first-order valence-corrected chi connectivity index (χ1v) is 8.61. The maximum Gasteiger partial charge on any atom is 0.336 e. The van der Waals surface area contributed by atoms with Crippen LogP contribution in [0.25, 0.3) is 0 Å². The molecule has 0 fully saturated rings. The Bertz CT molecular complexity index is 715. The van der Waals surface area contributed by atoms with E-state index in [0.29, 0.717) is 6.42 Å². The molecule has 3 N–H and O–H groups in total. The predicted octanol–water partition coefficient (Wildman–Crippen LogP) is 2.76. The number of aliphatic carboxylic acids is 3. The fraction of sp³-hybridized carbons (Fsp3) is 0.474. The number of rotatable bonds is 10. The third-order valence-electron chi connectivity index (χ3n) is 4.75. The van der Waals surface area contributed by atoms with Crippen molar-refractivity contribution in [1.82, 2.24) is 0 Å². The van der Waals surface area contributed by atoms with Gasteiger partial charge < -0.3 is 20.1 Å². The second-order valence-electron chi connectivity index (χ2n) is 6.48. The monoisotopic (exact) mass is 380 g/mol. The van der Waals surface area contributed by atoms with Crippen molar-refractivity contribution in [2.45, 2.75) is 46.0 Å².